The van der Waals surface area contributed by atoms with Gasteiger partial charge in [0.1, 0.15) is 11.9 Å². The maximum atomic E-state index is 11.1. The van der Waals surface area contributed by atoms with E-state index in [0.29, 0.717) is 23.5 Å². The number of anilines is 1. The van der Waals surface area contributed by atoms with Crippen molar-refractivity contribution < 1.29 is 14.7 Å². The molecule has 0 aliphatic carbocycles. The molecule has 1 rings (SSSR count). The van der Waals surface area contributed by atoms with Crippen LogP contribution < -0.4 is 11.1 Å². The van der Waals surface area contributed by atoms with Gasteiger partial charge in [0.05, 0.1) is 0 Å². The second-order valence-corrected chi connectivity index (χ2v) is 4.42. The lowest BCUT2D eigenvalue weighted by Gasteiger charge is -2.15. The molecule has 6 nitrogen and oxygen atoms in total. The third kappa shape index (κ3) is 4.57. The molecule has 0 saturated heterocycles. The summed E-state index contributed by atoms with van der Waals surface area (Å²) in [4.78, 5) is 26.4. The molecule has 4 N–H and O–H groups in total. The number of aryl methyl sites for hydroxylation is 1. The Kier molecular flexibility index (Phi) is 5.29. The lowest BCUT2D eigenvalue weighted by Crippen LogP contribution is -2.29. The average Bonchev–Trinajstić information content (AvgIpc) is 2.33. The number of nitrogens with two attached hydrogens (primary N) is 1. The van der Waals surface area contributed by atoms with E-state index in [0.717, 1.165) is 12.8 Å². The second-order valence-electron chi connectivity index (χ2n) is 4.42. The number of pyridine rings is 1. The smallest absolute Gasteiger partial charge is 0.326 e. The lowest BCUT2D eigenvalue weighted by atomic mass is 10.1. The molecule has 1 amide bonds. The Bertz CT molecular complexity index is 474. The zero-order valence-corrected chi connectivity index (χ0v) is 11.1. The van der Waals surface area contributed by atoms with Crippen LogP contribution in [0.5, 0.6) is 0 Å². The van der Waals surface area contributed by atoms with Gasteiger partial charge >= 0.3 is 5.97 Å². The van der Waals surface area contributed by atoms with Gasteiger partial charge in [0, 0.05) is 11.3 Å². The molecular weight excluding hydrogens is 246 g/mol. The van der Waals surface area contributed by atoms with Crippen LogP contribution in [0.1, 0.15) is 42.2 Å². The van der Waals surface area contributed by atoms with Gasteiger partial charge in [-0.2, -0.15) is 0 Å². The van der Waals surface area contributed by atoms with Crippen LogP contribution >= 0.6 is 0 Å². The van der Waals surface area contributed by atoms with Gasteiger partial charge in [0.15, 0.2) is 0 Å². The van der Waals surface area contributed by atoms with Crippen LogP contribution in [0.15, 0.2) is 12.1 Å². The largest absolute Gasteiger partial charge is 0.480 e. The number of carboxylic acid groups (broad SMARTS) is 1. The van der Waals surface area contributed by atoms with E-state index in [9.17, 15) is 9.59 Å². The first kappa shape index (κ1) is 14.9. The molecule has 1 heterocycles. The highest BCUT2D eigenvalue weighted by Gasteiger charge is 2.17. The van der Waals surface area contributed by atoms with Gasteiger partial charge < -0.3 is 16.2 Å². The Balaban J connectivity index is 2.89. The van der Waals surface area contributed by atoms with Crippen LogP contribution in [0.25, 0.3) is 0 Å². The van der Waals surface area contributed by atoms with Crippen LogP contribution in [0.3, 0.4) is 0 Å². The van der Waals surface area contributed by atoms with Gasteiger partial charge in [0.25, 0.3) is 0 Å². The molecule has 1 aromatic rings. The van der Waals surface area contributed by atoms with Crippen LogP contribution in [0, 0.1) is 6.92 Å². The van der Waals surface area contributed by atoms with Gasteiger partial charge in [0.2, 0.25) is 5.91 Å². The van der Waals surface area contributed by atoms with Crippen molar-refractivity contribution in [3.8, 4) is 0 Å². The standard InChI is InChI=1S/C13H19N3O3/c1-3-4-5-10(13(18)19)16-11-7-9(12(14)17)6-8(2)15-11/h6-7,10H,3-5H2,1-2H3,(H2,14,17)(H,15,16)(H,18,19). The minimum Gasteiger partial charge on any atom is -0.480 e. The van der Waals surface area contributed by atoms with Crippen molar-refractivity contribution in [2.75, 3.05) is 5.32 Å². The quantitative estimate of drug-likeness (QED) is 0.693. The highest BCUT2D eigenvalue weighted by Crippen LogP contribution is 2.13. The molecule has 6 heteroatoms. The predicted molar refractivity (Wildman–Crippen MR) is 72.1 cm³/mol. The highest BCUT2D eigenvalue weighted by atomic mass is 16.4. The summed E-state index contributed by atoms with van der Waals surface area (Å²) in [5, 5.41) is 12.0. The van der Waals surface area contributed by atoms with E-state index in [1.54, 1.807) is 13.0 Å². The molecule has 19 heavy (non-hydrogen) atoms. The molecule has 0 saturated carbocycles. The number of primary amides is 1. The summed E-state index contributed by atoms with van der Waals surface area (Å²) < 4.78 is 0. The molecule has 104 valence electrons. The molecule has 1 atom stereocenters. The first-order valence-corrected chi connectivity index (χ1v) is 6.22. The Labute approximate surface area is 112 Å². The summed E-state index contributed by atoms with van der Waals surface area (Å²) in [5.41, 5.74) is 6.14. The van der Waals surface area contributed by atoms with E-state index in [2.05, 4.69) is 10.3 Å². The second kappa shape index (κ2) is 6.72. The molecule has 0 spiro atoms. The number of carbonyl (C=O) groups is 2. The van der Waals surface area contributed by atoms with Crippen molar-refractivity contribution in [3.05, 3.63) is 23.4 Å². The van der Waals surface area contributed by atoms with E-state index in [1.165, 1.54) is 6.07 Å². The van der Waals surface area contributed by atoms with E-state index < -0.39 is 17.9 Å². The van der Waals surface area contributed by atoms with Crippen LogP contribution in [0.2, 0.25) is 0 Å². The van der Waals surface area contributed by atoms with Crippen molar-refractivity contribution in [1.29, 1.82) is 0 Å². The van der Waals surface area contributed by atoms with Gasteiger partial charge in [-0.05, 0) is 25.5 Å². The van der Waals surface area contributed by atoms with Gasteiger partial charge in [-0.1, -0.05) is 19.8 Å². The number of hydrogen-bond donors (Lipinski definition) is 3. The number of hydrogen-bond acceptors (Lipinski definition) is 4. The first-order valence-electron chi connectivity index (χ1n) is 6.22. The monoisotopic (exact) mass is 265 g/mol. The summed E-state index contributed by atoms with van der Waals surface area (Å²) in [6.07, 6.45) is 2.23. The maximum absolute atomic E-state index is 11.1. The molecule has 0 aliphatic heterocycles. The normalized spacial score (nSPS) is 11.9. The Morgan fingerprint density at radius 2 is 2.16 bits per heavy atom. The minimum atomic E-state index is -0.933. The van der Waals surface area contributed by atoms with Crippen LogP contribution in [0.4, 0.5) is 5.82 Å². The number of nitrogens with one attached hydrogen (secondary N) is 1. The fourth-order valence-electron chi connectivity index (χ4n) is 1.73. The zero-order valence-electron chi connectivity index (χ0n) is 11.1. The summed E-state index contributed by atoms with van der Waals surface area (Å²) in [6, 6.07) is 2.32. The van der Waals surface area contributed by atoms with Crippen molar-refractivity contribution in [3.63, 3.8) is 0 Å². The van der Waals surface area contributed by atoms with E-state index in [1.807, 2.05) is 6.92 Å². The van der Waals surface area contributed by atoms with Crippen LogP contribution in [-0.4, -0.2) is 28.0 Å². The lowest BCUT2D eigenvalue weighted by molar-refractivity contribution is -0.138. The number of aliphatic carboxylic acids is 1. The Morgan fingerprint density at radius 1 is 1.47 bits per heavy atom. The van der Waals surface area contributed by atoms with Crippen LogP contribution in [-0.2, 0) is 4.79 Å². The molecule has 1 unspecified atom stereocenters. The number of nitrogens with zero attached hydrogens (tertiary/aromatic N) is 1. The fourth-order valence-corrected chi connectivity index (χ4v) is 1.73. The fraction of sp³-hybridized carbons (Fsp3) is 0.462. The minimum absolute atomic E-state index is 0.314. The molecule has 0 fully saturated rings. The first-order chi connectivity index (χ1) is 8.93. The number of rotatable bonds is 7. The summed E-state index contributed by atoms with van der Waals surface area (Å²) in [6.45, 7) is 3.72. The molecule has 0 radical (unpaired) electrons. The van der Waals surface area contributed by atoms with Crippen molar-refractivity contribution in [2.45, 2.75) is 39.2 Å². The number of unbranched alkanes of at least 4 members (excludes halogenated alkanes) is 1. The molecule has 0 aromatic carbocycles. The molecule has 0 bridgehead atoms. The number of aromatic nitrogens is 1. The van der Waals surface area contributed by atoms with Crippen molar-refractivity contribution in [2.24, 2.45) is 5.73 Å². The number of amides is 1. The summed E-state index contributed by atoms with van der Waals surface area (Å²) in [5.74, 6) is -1.14. The van der Waals surface area contributed by atoms with E-state index in [-0.39, 0.29) is 0 Å². The average molecular weight is 265 g/mol. The van der Waals surface area contributed by atoms with E-state index in [4.69, 9.17) is 10.8 Å². The Morgan fingerprint density at radius 3 is 2.68 bits per heavy atom. The Hall–Kier alpha value is -2.11. The van der Waals surface area contributed by atoms with Gasteiger partial charge in [-0.15, -0.1) is 0 Å². The van der Waals surface area contributed by atoms with Gasteiger partial charge in [-0.3, -0.25) is 4.79 Å². The summed E-state index contributed by atoms with van der Waals surface area (Å²) in [7, 11) is 0. The molecular formula is C13H19N3O3. The zero-order chi connectivity index (χ0) is 14.4. The third-order valence-electron chi connectivity index (χ3n) is 2.70. The third-order valence-corrected chi connectivity index (χ3v) is 2.70. The topological polar surface area (TPSA) is 105 Å². The number of carbonyl (C=O) groups excluding carboxylic acids is 1. The maximum Gasteiger partial charge on any atom is 0.326 e. The SMILES string of the molecule is CCCCC(Nc1cc(C(N)=O)cc(C)n1)C(=O)O. The van der Waals surface area contributed by atoms with E-state index >= 15 is 0 Å². The highest BCUT2D eigenvalue weighted by molar-refractivity contribution is 5.93. The van der Waals surface area contributed by atoms with Crippen molar-refractivity contribution in [1.82, 2.24) is 4.98 Å². The van der Waals surface area contributed by atoms with Crippen molar-refractivity contribution >= 4 is 17.7 Å². The number of carboxylic acids is 1. The molecule has 1 aromatic heterocycles. The van der Waals surface area contributed by atoms with Gasteiger partial charge in [-0.25, -0.2) is 9.78 Å². The molecule has 0 aliphatic rings. The predicted octanol–water partition coefficient (Wildman–Crippen LogP) is 1.54. The summed E-state index contributed by atoms with van der Waals surface area (Å²) >= 11 is 0.